The van der Waals surface area contributed by atoms with Crippen LogP contribution >= 0.6 is 0 Å². The standard InChI is InChI=1S/C16H14FNO2/c1-10-7-13(17)4-6-15(10)20-16-8-12(9-18)3-5-14(16)11(2)19/h3-8,11,19H,1-2H3/t11-/m0/s1. The molecule has 2 rings (SSSR count). The molecule has 0 aliphatic carbocycles. The Hall–Kier alpha value is -2.38. The van der Waals surface area contributed by atoms with Crippen LogP contribution in [0.25, 0.3) is 0 Å². The maximum atomic E-state index is 13.1. The van der Waals surface area contributed by atoms with Gasteiger partial charge in [0.05, 0.1) is 17.7 Å². The van der Waals surface area contributed by atoms with E-state index in [1.165, 1.54) is 18.2 Å². The molecule has 4 heteroatoms. The predicted octanol–water partition coefficient (Wildman–Crippen LogP) is 3.85. The minimum Gasteiger partial charge on any atom is -0.457 e. The fourth-order valence-electron chi connectivity index (χ4n) is 1.88. The smallest absolute Gasteiger partial charge is 0.134 e. The maximum absolute atomic E-state index is 13.1. The lowest BCUT2D eigenvalue weighted by Gasteiger charge is -2.15. The molecular weight excluding hydrogens is 257 g/mol. The molecule has 1 N–H and O–H groups in total. The molecule has 0 aliphatic heterocycles. The summed E-state index contributed by atoms with van der Waals surface area (Å²) in [5.74, 6) is 0.550. The minimum absolute atomic E-state index is 0.337. The number of nitrogens with zero attached hydrogens (tertiary/aromatic N) is 1. The van der Waals surface area contributed by atoms with Crippen molar-refractivity contribution in [1.82, 2.24) is 0 Å². The van der Waals surface area contributed by atoms with E-state index in [9.17, 15) is 9.50 Å². The van der Waals surface area contributed by atoms with Crippen LogP contribution < -0.4 is 4.74 Å². The molecule has 0 aliphatic rings. The molecule has 3 nitrogen and oxygen atoms in total. The summed E-state index contributed by atoms with van der Waals surface area (Å²) in [7, 11) is 0. The van der Waals surface area contributed by atoms with Crippen LogP contribution in [0.1, 0.15) is 29.7 Å². The first kappa shape index (κ1) is 14.0. The fourth-order valence-corrected chi connectivity index (χ4v) is 1.88. The molecule has 0 amide bonds. The number of aliphatic hydroxyl groups is 1. The number of benzene rings is 2. The molecule has 0 heterocycles. The van der Waals surface area contributed by atoms with Gasteiger partial charge in [0.2, 0.25) is 0 Å². The summed E-state index contributed by atoms with van der Waals surface area (Å²) in [5, 5.41) is 18.7. The Morgan fingerprint density at radius 2 is 1.95 bits per heavy atom. The van der Waals surface area contributed by atoms with Gasteiger partial charge in [0.1, 0.15) is 17.3 Å². The van der Waals surface area contributed by atoms with Crippen molar-refractivity contribution in [3.05, 3.63) is 58.9 Å². The number of aryl methyl sites for hydroxylation is 1. The van der Waals surface area contributed by atoms with Crippen molar-refractivity contribution in [2.24, 2.45) is 0 Å². The van der Waals surface area contributed by atoms with Gasteiger partial charge in [0.25, 0.3) is 0 Å². The van der Waals surface area contributed by atoms with Crippen molar-refractivity contribution in [3.63, 3.8) is 0 Å². The maximum Gasteiger partial charge on any atom is 0.134 e. The van der Waals surface area contributed by atoms with Crippen LogP contribution in [0.5, 0.6) is 11.5 Å². The van der Waals surface area contributed by atoms with E-state index in [-0.39, 0.29) is 5.82 Å². The number of halogens is 1. The van der Waals surface area contributed by atoms with E-state index in [4.69, 9.17) is 10.00 Å². The summed E-state index contributed by atoms with van der Waals surface area (Å²) in [6.45, 7) is 3.35. The lowest BCUT2D eigenvalue weighted by Crippen LogP contribution is -1.98. The van der Waals surface area contributed by atoms with Gasteiger partial charge in [-0.2, -0.15) is 5.26 Å². The van der Waals surface area contributed by atoms with Crippen LogP contribution in [-0.2, 0) is 0 Å². The van der Waals surface area contributed by atoms with Gasteiger partial charge < -0.3 is 9.84 Å². The van der Waals surface area contributed by atoms with E-state index in [0.717, 1.165) is 0 Å². The van der Waals surface area contributed by atoms with Gasteiger partial charge >= 0.3 is 0 Å². The molecule has 102 valence electrons. The van der Waals surface area contributed by atoms with Crippen LogP contribution in [-0.4, -0.2) is 5.11 Å². The Morgan fingerprint density at radius 3 is 2.55 bits per heavy atom. The summed E-state index contributed by atoms with van der Waals surface area (Å²) in [6, 6.07) is 11.0. The topological polar surface area (TPSA) is 53.2 Å². The van der Waals surface area contributed by atoms with Crippen molar-refractivity contribution < 1.29 is 14.2 Å². The number of nitriles is 1. The van der Waals surface area contributed by atoms with Gasteiger partial charge in [0, 0.05) is 5.56 Å². The van der Waals surface area contributed by atoms with E-state index in [0.29, 0.717) is 28.2 Å². The molecule has 0 saturated carbocycles. The molecule has 0 bridgehead atoms. The van der Waals surface area contributed by atoms with Crippen molar-refractivity contribution in [1.29, 1.82) is 5.26 Å². The van der Waals surface area contributed by atoms with Gasteiger partial charge in [-0.3, -0.25) is 0 Å². The van der Waals surface area contributed by atoms with Gasteiger partial charge in [-0.15, -0.1) is 0 Å². The van der Waals surface area contributed by atoms with E-state index in [1.807, 2.05) is 6.07 Å². The quantitative estimate of drug-likeness (QED) is 0.922. The monoisotopic (exact) mass is 271 g/mol. The lowest BCUT2D eigenvalue weighted by atomic mass is 10.1. The molecule has 0 radical (unpaired) electrons. The normalized spacial score (nSPS) is 11.8. The number of rotatable bonds is 3. The minimum atomic E-state index is -0.724. The zero-order valence-electron chi connectivity index (χ0n) is 11.2. The van der Waals surface area contributed by atoms with Crippen molar-refractivity contribution >= 4 is 0 Å². The second-order valence-electron chi connectivity index (χ2n) is 4.55. The highest BCUT2D eigenvalue weighted by Gasteiger charge is 2.12. The highest BCUT2D eigenvalue weighted by molar-refractivity contribution is 5.46. The first-order valence-electron chi connectivity index (χ1n) is 6.17. The molecule has 2 aromatic rings. The molecular formula is C16H14FNO2. The Labute approximate surface area is 116 Å². The summed E-state index contributed by atoms with van der Waals surface area (Å²) in [6.07, 6.45) is -0.724. The summed E-state index contributed by atoms with van der Waals surface area (Å²) < 4.78 is 18.8. The van der Waals surface area contributed by atoms with E-state index < -0.39 is 6.10 Å². The zero-order valence-corrected chi connectivity index (χ0v) is 11.2. The summed E-state index contributed by atoms with van der Waals surface area (Å²) in [4.78, 5) is 0. The molecule has 2 aromatic carbocycles. The molecule has 0 saturated heterocycles. The Morgan fingerprint density at radius 1 is 1.20 bits per heavy atom. The van der Waals surface area contributed by atoms with E-state index in [2.05, 4.69) is 0 Å². The molecule has 20 heavy (non-hydrogen) atoms. The molecule has 0 unspecified atom stereocenters. The van der Waals surface area contributed by atoms with Crippen LogP contribution in [0.15, 0.2) is 36.4 Å². The molecule has 0 spiro atoms. The van der Waals surface area contributed by atoms with Gasteiger partial charge in [0.15, 0.2) is 0 Å². The lowest BCUT2D eigenvalue weighted by molar-refractivity contribution is 0.195. The summed E-state index contributed by atoms with van der Waals surface area (Å²) >= 11 is 0. The Kier molecular flexibility index (Phi) is 4.02. The molecule has 0 aromatic heterocycles. The second-order valence-corrected chi connectivity index (χ2v) is 4.55. The number of hydrogen-bond acceptors (Lipinski definition) is 3. The first-order chi connectivity index (χ1) is 9.51. The largest absolute Gasteiger partial charge is 0.457 e. The van der Waals surface area contributed by atoms with Crippen LogP contribution in [0, 0.1) is 24.1 Å². The van der Waals surface area contributed by atoms with Gasteiger partial charge in [-0.1, -0.05) is 6.07 Å². The summed E-state index contributed by atoms with van der Waals surface area (Å²) in [5.41, 5.74) is 1.65. The van der Waals surface area contributed by atoms with Gasteiger partial charge in [-0.25, -0.2) is 4.39 Å². The Balaban J connectivity index is 2.43. The van der Waals surface area contributed by atoms with Gasteiger partial charge in [-0.05, 0) is 49.7 Å². The van der Waals surface area contributed by atoms with Crippen LogP contribution in [0.3, 0.4) is 0 Å². The third-order valence-electron chi connectivity index (χ3n) is 2.95. The first-order valence-corrected chi connectivity index (χ1v) is 6.17. The SMILES string of the molecule is Cc1cc(F)ccc1Oc1cc(C#N)ccc1[C@H](C)O. The van der Waals surface area contributed by atoms with Crippen molar-refractivity contribution in [2.75, 3.05) is 0 Å². The average molecular weight is 271 g/mol. The average Bonchev–Trinajstić information content (AvgIpc) is 2.41. The fraction of sp³-hybridized carbons (Fsp3) is 0.188. The third kappa shape index (κ3) is 2.95. The van der Waals surface area contributed by atoms with Crippen molar-refractivity contribution in [3.8, 4) is 17.6 Å². The molecule has 1 atom stereocenters. The van der Waals surface area contributed by atoms with E-state index in [1.54, 1.807) is 32.0 Å². The predicted molar refractivity (Wildman–Crippen MR) is 73.0 cm³/mol. The third-order valence-corrected chi connectivity index (χ3v) is 2.95. The second kappa shape index (κ2) is 5.72. The van der Waals surface area contributed by atoms with Crippen LogP contribution in [0.2, 0.25) is 0 Å². The zero-order chi connectivity index (χ0) is 14.7. The molecule has 0 fully saturated rings. The van der Waals surface area contributed by atoms with Crippen molar-refractivity contribution in [2.45, 2.75) is 20.0 Å². The highest BCUT2D eigenvalue weighted by Crippen LogP contribution is 2.32. The van der Waals surface area contributed by atoms with Crippen LogP contribution in [0.4, 0.5) is 4.39 Å². The Bertz CT molecular complexity index is 675. The number of ether oxygens (including phenoxy) is 1. The van der Waals surface area contributed by atoms with E-state index >= 15 is 0 Å². The number of aliphatic hydroxyl groups excluding tert-OH is 1. The highest BCUT2D eigenvalue weighted by atomic mass is 19.1. The number of hydrogen-bond donors (Lipinski definition) is 1.